The standard InChI is InChI=1S/C45H27N3S/c46-28-29-18-20-30(21-19-29)32-22-25-43-39(26-32)45(37-14-6-9-17-42(37)49-43)36-13-5-4-12-34(36)35-24-23-33(27-38(35)45)48-41-16-8-7-15-40(41)47-44(48)31-10-2-1-3-11-31/h1-27H. The molecule has 1 spiro atoms. The van der Waals surface area contributed by atoms with Crippen LogP contribution in [0.1, 0.15) is 27.8 Å². The number of nitrogens with zero attached hydrogens (tertiary/aromatic N) is 3. The minimum absolute atomic E-state index is 0.537. The number of hydrogen-bond donors (Lipinski definition) is 0. The van der Waals surface area contributed by atoms with E-state index in [0.717, 1.165) is 39.2 Å². The maximum absolute atomic E-state index is 9.45. The largest absolute Gasteiger partial charge is 0.292 e. The van der Waals surface area contributed by atoms with Gasteiger partial charge < -0.3 is 0 Å². The van der Waals surface area contributed by atoms with Gasteiger partial charge in [0.15, 0.2) is 0 Å². The van der Waals surface area contributed by atoms with Crippen LogP contribution in [0.2, 0.25) is 0 Å². The quantitative estimate of drug-likeness (QED) is 0.193. The van der Waals surface area contributed by atoms with Crippen LogP contribution in [-0.2, 0) is 5.41 Å². The molecule has 3 nitrogen and oxygen atoms in total. The number of imidazole rings is 1. The van der Waals surface area contributed by atoms with Gasteiger partial charge >= 0.3 is 0 Å². The summed E-state index contributed by atoms with van der Waals surface area (Å²) >= 11 is 1.85. The minimum atomic E-state index is -0.537. The topological polar surface area (TPSA) is 41.6 Å². The van der Waals surface area contributed by atoms with Gasteiger partial charge in [-0.15, -0.1) is 0 Å². The number of benzene rings is 7. The van der Waals surface area contributed by atoms with Crippen LogP contribution in [-0.4, -0.2) is 9.55 Å². The SMILES string of the molecule is N#Cc1ccc(-c2ccc3c(c2)C2(c4ccccc4S3)c3ccccc3-c3ccc(-n4c(-c5ccccc5)nc5ccccc54)cc32)cc1. The van der Waals surface area contributed by atoms with Crippen LogP contribution in [0, 0.1) is 11.3 Å². The number of hydrogen-bond acceptors (Lipinski definition) is 3. The first kappa shape index (κ1) is 27.9. The Hall–Kier alpha value is -6.15. The first-order valence-corrected chi connectivity index (χ1v) is 17.3. The van der Waals surface area contributed by atoms with Crippen molar-refractivity contribution in [1.82, 2.24) is 9.55 Å². The first-order valence-electron chi connectivity index (χ1n) is 16.4. The van der Waals surface area contributed by atoms with Crippen LogP contribution in [0.3, 0.4) is 0 Å². The summed E-state index contributed by atoms with van der Waals surface area (Å²) in [6, 6.07) is 60.8. The lowest BCUT2D eigenvalue weighted by Crippen LogP contribution is -2.32. The molecular formula is C45H27N3S. The summed E-state index contributed by atoms with van der Waals surface area (Å²) in [5.41, 5.74) is 14.2. The van der Waals surface area contributed by atoms with Crippen molar-refractivity contribution in [2.75, 3.05) is 0 Å². The van der Waals surface area contributed by atoms with Crippen LogP contribution in [0.4, 0.5) is 0 Å². The van der Waals surface area contributed by atoms with Gasteiger partial charge in [0.2, 0.25) is 0 Å². The van der Waals surface area contributed by atoms with Gasteiger partial charge in [0.1, 0.15) is 5.82 Å². The van der Waals surface area contributed by atoms with Gasteiger partial charge in [0, 0.05) is 21.0 Å². The molecule has 2 aliphatic rings. The van der Waals surface area contributed by atoms with E-state index >= 15 is 0 Å². The van der Waals surface area contributed by atoms with Gasteiger partial charge in [-0.05, 0) is 99.1 Å². The van der Waals surface area contributed by atoms with E-state index in [9.17, 15) is 5.26 Å². The first-order chi connectivity index (χ1) is 24.2. The molecule has 2 heterocycles. The molecule has 1 aromatic heterocycles. The van der Waals surface area contributed by atoms with Gasteiger partial charge in [-0.3, -0.25) is 4.57 Å². The molecular weight excluding hydrogens is 615 g/mol. The highest BCUT2D eigenvalue weighted by Gasteiger charge is 2.50. The molecule has 1 aliphatic heterocycles. The zero-order chi connectivity index (χ0) is 32.5. The highest BCUT2D eigenvalue weighted by molar-refractivity contribution is 7.99. The fourth-order valence-corrected chi connectivity index (χ4v) is 9.19. The van der Waals surface area contributed by atoms with Crippen LogP contribution < -0.4 is 0 Å². The van der Waals surface area contributed by atoms with E-state index in [1.54, 1.807) is 0 Å². The van der Waals surface area contributed by atoms with Gasteiger partial charge in [-0.2, -0.15) is 5.26 Å². The lowest BCUT2D eigenvalue weighted by atomic mass is 9.67. The molecule has 0 amide bonds. The molecule has 7 aromatic carbocycles. The van der Waals surface area contributed by atoms with Crippen molar-refractivity contribution in [1.29, 1.82) is 5.26 Å². The van der Waals surface area contributed by atoms with E-state index in [-0.39, 0.29) is 0 Å². The van der Waals surface area contributed by atoms with Crippen molar-refractivity contribution >= 4 is 22.8 Å². The Bertz CT molecular complexity index is 2650. The summed E-state index contributed by atoms with van der Waals surface area (Å²) in [7, 11) is 0. The Morgan fingerprint density at radius 2 is 1.22 bits per heavy atom. The Labute approximate surface area is 288 Å². The van der Waals surface area contributed by atoms with Crippen molar-refractivity contribution in [3.63, 3.8) is 0 Å². The highest BCUT2D eigenvalue weighted by Crippen LogP contribution is 2.62. The van der Waals surface area contributed by atoms with Gasteiger partial charge in [0.25, 0.3) is 0 Å². The lowest BCUT2D eigenvalue weighted by molar-refractivity contribution is 0.722. The number of rotatable bonds is 3. The van der Waals surface area contributed by atoms with E-state index in [2.05, 4.69) is 162 Å². The number of nitriles is 1. The molecule has 1 unspecified atom stereocenters. The summed E-state index contributed by atoms with van der Waals surface area (Å²) in [6.45, 7) is 0. The van der Waals surface area contributed by atoms with Crippen LogP contribution >= 0.6 is 11.8 Å². The summed E-state index contributed by atoms with van der Waals surface area (Å²) < 4.78 is 2.32. The molecule has 228 valence electrons. The lowest BCUT2D eigenvalue weighted by Gasteiger charge is -2.40. The van der Waals surface area contributed by atoms with Crippen molar-refractivity contribution in [3.05, 3.63) is 192 Å². The predicted octanol–water partition coefficient (Wildman–Crippen LogP) is 11.1. The third-order valence-electron chi connectivity index (χ3n) is 10.1. The monoisotopic (exact) mass is 641 g/mol. The summed E-state index contributed by atoms with van der Waals surface area (Å²) in [4.78, 5) is 7.69. The maximum atomic E-state index is 9.45. The molecule has 0 saturated carbocycles. The summed E-state index contributed by atoms with van der Waals surface area (Å²) in [5, 5.41) is 9.45. The van der Waals surface area contributed by atoms with E-state index in [4.69, 9.17) is 4.98 Å². The molecule has 1 atom stereocenters. The van der Waals surface area contributed by atoms with Crippen molar-refractivity contribution in [2.24, 2.45) is 0 Å². The Morgan fingerprint density at radius 1 is 0.531 bits per heavy atom. The van der Waals surface area contributed by atoms with Crippen molar-refractivity contribution in [3.8, 4) is 45.4 Å². The fraction of sp³-hybridized carbons (Fsp3) is 0.0222. The third-order valence-corrected chi connectivity index (χ3v) is 11.3. The molecule has 4 heteroatoms. The highest BCUT2D eigenvalue weighted by atomic mass is 32.2. The third kappa shape index (κ3) is 4.00. The normalized spacial score (nSPS) is 15.3. The van der Waals surface area contributed by atoms with E-state index in [0.29, 0.717) is 5.56 Å². The number of para-hydroxylation sites is 2. The van der Waals surface area contributed by atoms with Crippen LogP contribution in [0.25, 0.3) is 50.4 Å². The smallest absolute Gasteiger partial charge is 0.145 e. The second kappa shape index (κ2) is 10.7. The maximum Gasteiger partial charge on any atom is 0.145 e. The average molecular weight is 642 g/mol. The van der Waals surface area contributed by atoms with Gasteiger partial charge in [0.05, 0.1) is 28.1 Å². The fourth-order valence-electron chi connectivity index (χ4n) is 8.01. The predicted molar refractivity (Wildman–Crippen MR) is 198 cm³/mol. The zero-order valence-electron chi connectivity index (χ0n) is 26.3. The Balaban J connectivity index is 1.29. The Kier molecular flexibility index (Phi) is 6.09. The average Bonchev–Trinajstić information content (AvgIpc) is 3.70. The Morgan fingerprint density at radius 3 is 2.08 bits per heavy atom. The molecule has 0 radical (unpaired) electrons. The molecule has 10 rings (SSSR count). The van der Waals surface area contributed by atoms with Crippen molar-refractivity contribution in [2.45, 2.75) is 15.2 Å². The van der Waals surface area contributed by atoms with E-state index in [1.807, 2.05) is 23.9 Å². The van der Waals surface area contributed by atoms with Crippen molar-refractivity contribution < 1.29 is 0 Å². The van der Waals surface area contributed by atoms with E-state index < -0.39 is 5.41 Å². The van der Waals surface area contributed by atoms with Gasteiger partial charge in [-0.25, -0.2) is 4.98 Å². The van der Waals surface area contributed by atoms with Gasteiger partial charge in [-0.1, -0.05) is 121 Å². The molecule has 49 heavy (non-hydrogen) atoms. The molecule has 0 saturated heterocycles. The molecule has 8 aromatic rings. The summed E-state index contributed by atoms with van der Waals surface area (Å²) in [6.07, 6.45) is 0. The second-order valence-corrected chi connectivity index (χ2v) is 13.7. The molecule has 0 fully saturated rings. The minimum Gasteiger partial charge on any atom is -0.292 e. The zero-order valence-corrected chi connectivity index (χ0v) is 27.2. The molecule has 0 N–H and O–H groups in total. The number of fused-ring (bicyclic) bond motifs is 10. The summed E-state index contributed by atoms with van der Waals surface area (Å²) in [5.74, 6) is 0.925. The molecule has 0 bridgehead atoms. The molecule has 1 aliphatic carbocycles. The second-order valence-electron chi connectivity index (χ2n) is 12.6. The van der Waals surface area contributed by atoms with Crippen LogP contribution in [0.15, 0.2) is 174 Å². The van der Waals surface area contributed by atoms with E-state index in [1.165, 1.54) is 43.2 Å². The van der Waals surface area contributed by atoms with Crippen LogP contribution in [0.5, 0.6) is 0 Å². The number of aromatic nitrogens is 2.